The number of phenolic OH excluding ortho intramolecular Hbond substituents is 1. The molecule has 5 nitrogen and oxygen atoms in total. The molecule has 0 amide bonds. The van der Waals surface area contributed by atoms with E-state index in [0.29, 0.717) is 18.9 Å². The van der Waals surface area contributed by atoms with Gasteiger partial charge in [-0.1, -0.05) is 45.9 Å². The normalized spacial score (nSPS) is 11.2. The highest BCUT2D eigenvalue weighted by atomic mass is 16.7. The number of ether oxygens (including phenoxy) is 2. The first-order valence-corrected chi connectivity index (χ1v) is 11.1. The van der Waals surface area contributed by atoms with Crippen LogP contribution < -0.4 is 15.4 Å². The molecule has 170 valence electrons. The molecule has 5 heteroatoms. The van der Waals surface area contributed by atoms with Crippen molar-refractivity contribution < 1.29 is 14.6 Å². The molecule has 32 heavy (non-hydrogen) atoms. The first-order valence-electron chi connectivity index (χ1n) is 11.1. The SMILES string of the molecule is CCCOCOc1cc(CNc2ccc(Nc3ccccc3)cc2)cc(C(C)(C)C)c1O. The molecule has 0 atom stereocenters. The molecular formula is C27H34N2O3. The van der Waals surface area contributed by atoms with E-state index >= 15 is 0 Å². The average molecular weight is 435 g/mol. The zero-order valence-electron chi connectivity index (χ0n) is 19.4. The second-order valence-corrected chi connectivity index (χ2v) is 8.83. The minimum atomic E-state index is -0.215. The molecular weight excluding hydrogens is 400 g/mol. The monoisotopic (exact) mass is 434 g/mol. The largest absolute Gasteiger partial charge is 0.504 e. The quantitative estimate of drug-likeness (QED) is 0.242. The molecule has 0 spiro atoms. The van der Waals surface area contributed by atoms with Crippen LogP contribution in [0.15, 0.2) is 66.7 Å². The summed E-state index contributed by atoms with van der Waals surface area (Å²) in [7, 11) is 0. The Morgan fingerprint density at radius 3 is 2.19 bits per heavy atom. The maximum absolute atomic E-state index is 10.7. The van der Waals surface area contributed by atoms with Gasteiger partial charge in [-0.3, -0.25) is 0 Å². The summed E-state index contributed by atoms with van der Waals surface area (Å²) in [4.78, 5) is 0. The average Bonchev–Trinajstić information content (AvgIpc) is 2.77. The van der Waals surface area contributed by atoms with E-state index in [2.05, 4.69) is 31.4 Å². The summed E-state index contributed by atoms with van der Waals surface area (Å²) in [5, 5.41) is 17.6. The Balaban J connectivity index is 1.69. The molecule has 0 aromatic heterocycles. The van der Waals surface area contributed by atoms with Crippen molar-refractivity contribution >= 4 is 17.1 Å². The number of anilines is 3. The molecule has 0 fully saturated rings. The number of hydrogen-bond acceptors (Lipinski definition) is 5. The third kappa shape index (κ3) is 6.66. The van der Waals surface area contributed by atoms with Crippen molar-refractivity contribution in [2.24, 2.45) is 0 Å². The first-order chi connectivity index (χ1) is 15.4. The Labute approximate surface area is 191 Å². The van der Waals surface area contributed by atoms with Crippen LogP contribution in [0.25, 0.3) is 0 Å². The van der Waals surface area contributed by atoms with Gasteiger partial charge < -0.3 is 25.2 Å². The van der Waals surface area contributed by atoms with Crippen LogP contribution in [0.3, 0.4) is 0 Å². The standard InChI is InChI=1S/C27H34N2O3/c1-5-15-31-19-32-25-17-20(16-24(26(25)30)27(2,3)4)18-28-21-11-13-23(14-12-21)29-22-9-7-6-8-10-22/h6-14,16-17,28-30H,5,15,18-19H2,1-4H3. The second-order valence-electron chi connectivity index (χ2n) is 8.83. The smallest absolute Gasteiger partial charge is 0.189 e. The van der Waals surface area contributed by atoms with Crippen molar-refractivity contribution in [1.82, 2.24) is 0 Å². The summed E-state index contributed by atoms with van der Waals surface area (Å²) in [6.45, 7) is 9.65. The van der Waals surface area contributed by atoms with Gasteiger partial charge in [-0.05, 0) is 65.9 Å². The molecule has 0 unspecified atom stereocenters. The van der Waals surface area contributed by atoms with Crippen molar-refractivity contribution in [3.8, 4) is 11.5 Å². The van der Waals surface area contributed by atoms with E-state index in [1.165, 1.54) is 0 Å². The number of phenols is 1. The lowest BCUT2D eigenvalue weighted by molar-refractivity contribution is 0.0141. The van der Waals surface area contributed by atoms with Gasteiger partial charge in [0.2, 0.25) is 0 Å². The van der Waals surface area contributed by atoms with E-state index < -0.39 is 0 Å². The number of para-hydroxylation sites is 1. The van der Waals surface area contributed by atoms with Gasteiger partial charge in [-0.15, -0.1) is 0 Å². The van der Waals surface area contributed by atoms with Gasteiger partial charge in [-0.2, -0.15) is 0 Å². The van der Waals surface area contributed by atoms with Crippen LogP contribution in [0, 0.1) is 0 Å². The zero-order valence-corrected chi connectivity index (χ0v) is 19.4. The topological polar surface area (TPSA) is 62.8 Å². The summed E-state index contributed by atoms with van der Waals surface area (Å²) in [6.07, 6.45) is 0.923. The van der Waals surface area contributed by atoms with Crippen molar-refractivity contribution in [3.05, 3.63) is 77.9 Å². The maximum Gasteiger partial charge on any atom is 0.189 e. The minimum Gasteiger partial charge on any atom is -0.504 e. The molecule has 0 radical (unpaired) electrons. The van der Waals surface area contributed by atoms with Crippen LogP contribution in [-0.4, -0.2) is 18.5 Å². The Morgan fingerprint density at radius 2 is 1.53 bits per heavy atom. The summed E-state index contributed by atoms with van der Waals surface area (Å²) in [5.74, 6) is 0.630. The number of rotatable bonds is 10. The van der Waals surface area contributed by atoms with Crippen molar-refractivity contribution in [3.63, 3.8) is 0 Å². The Morgan fingerprint density at radius 1 is 0.875 bits per heavy atom. The Bertz CT molecular complexity index is 980. The molecule has 0 aliphatic heterocycles. The summed E-state index contributed by atoms with van der Waals surface area (Å²) < 4.78 is 11.2. The molecule has 0 saturated heterocycles. The first kappa shape index (κ1) is 23.5. The fourth-order valence-corrected chi connectivity index (χ4v) is 3.32. The summed E-state index contributed by atoms with van der Waals surface area (Å²) >= 11 is 0. The predicted octanol–water partition coefficient (Wildman–Crippen LogP) is 6.81. The highest BCUT2D eigenvalue weighted by molar-refractivity contribution is 5.62. The predicted molar refractivity (Wildman–Crippen MR) is 132 cm³/mol. The van der Waals surface area contributed by atoms with Gasteiger partial charge in [0.1, 0.15) is 0 Å². The number of nitrogens with one attached hydrogen (secondary N) is 2. The van der Waals surface area contributed by atoms with E-state index in [4.69, 9.17) is 9.47 Å². The summed E-state index contributed by atoms with van der Waals surface area (Å²) in [6, 6.07) is 22.2. The number of benzene rings is 3. The highest BCUT2D eigenvalue weighted by Gasteiger charge is 2.22. The van der Waals surface area contributed by atoms with E-state index in [0.717, 1.165) is 34.6 Å². The molecule has 0 bridgehead atoms. The van der Waals surface area contributed by atoms with Gasteiger partial charge in [-0.25, -0.2) is 0 Å². The molecule has 3 rings (SSSR count). The van der Waals surface area contributed by atoms with Crippen LogP contribution >= 0.6 is 0 Å². The fourth-order valence-electron chi connectivity index (χ4n) is 3.32. The molecule has 0 heterocycles. The highest BCUT2D eigenvalue weighted by Crippen LogP contribution is 2.39. The van der Waals surface area contributed by atoms with Crippen LogP contribution in [0.2, 0.25) is 0 Å². The third-order valence-corrected chi connectivity index (χ3v) is 5.03. The van der Waals surface area contributed by atoms with Gasteiger partial charge in [0.25, 0.3) is 0 Å². The molecule has 3 N–H and O–H groups in total. The number of hydrogen-bond donors (Lipinski definition) is 3. The molecule has 0 aliphatic carbocycles. The maximum atomic E-state index is 10.7. The van der Waals surface area contributed by atoms with Gasteiger partial charge in [0.15, 0.2) is 18.3 Å². The summed E-state index contributed by atoms with van der Waals surface area (Å²) in [5.41, 5.74) is 4.77. The Hall–Kier alpha value is -3.18. The van der Waals surface area contributed by atoms with Crippen molar-refractivity contribution in [1.29, 1.82) is 0 Å². The second kappa shape index (κ2) is 10.9. The third-order valence-electron chi connectivity index (χ3n) is 5.03. The molecule has 0 aliphatic rings. The van der Waals surface area contributed by atoms with Gasteiger partial charge >= 0.3 is 0 Å². The van der Waals surface area contributed by atoms with E-state index in [1.54, 1.807) is 0 Å². The number of aromatic hydroxyl groups is 1. The van der Waals surface area contributed by atoms with Crippen molar-refractivity contribution in [2.45, 2.75) is 46.1 Å². The fraction of sp³-hybridized carbons (Fsp3) is 0.333. The van der Waals surface area contributed by atoms with Gasteiger partial charge in [0, 0.05) is 29.2 Å². The molecule has 3 aromatic rings. The van der Waals surface area contributed by atoms with Crippen LogP contribution in [-0.2, 0) is 16.7 Å². The van der Waals surface area contributed by atoms with Crippen LogP contribution in [0.4, 0.5) is 17.1 Å². The lowest BCUT2D eigenvalue weighted by Gasteiger charge is -2.23. The van der Waals surface area contributed by atoms with E-state index in [-0.39, 0.29) is 18.0 Å². The minimum absolute atomic E-state index is 0.123. The van der Waals surface area contributed by atoms with E-state index in [1.807, 2.05) is 73.7 Å². The van der Waals surface area contributed by atoms with E-state index in [9.17, 15) is 5.11 Å². The Kier molecular flexibility index (Phi) is 8.01. The van der Waals surface area contributed by atoms with Crippen LogP contribution in [0.1, 0.15) is 45.2 Å². The van der Waals surface area contributed by atoms with Gasteiger partial charge in [0.05, 0.1) is 6.61 Å². The lowest BCUT2D eigenvalue weighted by atomic mass is 9.85. The van der Waals surface area contributed by atoms with Crippen LogP contribution in [0.5, 0.6) is 11.5 Å². The molecule has 3 aromatic carbocycles. The zero-order chi connectivity index (χ0) is 23.0. The van der Waals surface area contributed by atoms with Crippen molar-refractivity contribution in [2.75, 3.05) is 24.0 Å². The molecule has 0 saturated carbocycles. The lowest BCUT2D eigenvalue weighted by Crippen LogP contribution is -2.14.